The normalized spacial score (nSPS) is 12.9. The lowest BCUT2D eigenvalue weighted by Gasteiger charge is -2.16. The molecule has 0 saturated carbocycles. The summed E-state index contributed by atoms with van der Waals surface area (Å²) in [6.07, 6.45) is 3.37. The molecular weight excluding hydrogens is 224 g/mol. The van der Waals surface area contributed by atoms with Gasteiger partial charge >= 0.3 is 0 Å². The Hall–Kier alpha value is -0.930. The van der Waals surface area contributed by atoms with Crippen LogP contribution in [0.2, 0.25) is 0 Å². The van der Waals surface area contributed by atoms with Crippen LogP contribution in [0.4, 0.5) is 0 Å². The first-order chi connectivity index (χ1) is 8.63. The fraction of sp³-hybridized carbons (Fsp3) is 0.667. The minimum atomic E-state index is 0.276. The van der Waals surface area contributed by atoms with E-state index in [1.807, 2.05) is 6.20 Å². The Labute approximate surface area is 111 Å². The van der Waals surface area contributed by atoms with Crippen molar-refractivity contribution < 1.29 is 4.74 Å². The minimum absolute atomic E-state index is 0.276. The van der Waals surface area contributed by atoms with E-state index in [2.05, 4.69) is 50.1 Å². The van der Waals surface area contributed by atoms with Gasteiger partial charge in [0.05, 0.1) is 18.4 Å². The smallest absolute Gasteiger partial charge is 0.0891 e. The monoisotopic (exact) mass is 250 g/mol. The van der Waals surface area contributed by atoms with Crippen molar-refractivity contribution in [2.75, 3.05) is 6.54 Å². The summed E-state index contributed by atoms with van der Waals surface area (Å²) in [5, 5.41) is 3.36. The van der Waals surface area contributed by atoms with Gasteiger partial charge in [0.1, 0.15) is 0 Å². The van der Waals surface area contributed by atoms with Crippen LogP contribution in [0, 0.1) is 5.92 Å². The number of pyridine rings is 1. The van der Waals surface area contributed by atoms with Crippen LogP contribution in [0.15, 0.2) is 18.3 Å². The van der Waals surface area contributed by atoms with Crippen molar-refractivity contribution in [3.63, 3.8) is 0 Å². The lowest BCUT2D eigenvalue weighted by molar-refractivity contribution is 0.0218. The van der Waals surface area contributed by atoms with Gasteiger partial charge in [-0.2, -0.15) is 0 Å². The molecule has 0 aliphatic rings. The van der Waals surface area contributed by atoms with Crippen molar-refractivity contribution in [2.45, 2.75) is 53.4 Å². The fourth-order valence-electron chi connectivity index (χ4n) is 1.46. The van der Waals surface area contributed by atoms with Crippen molar-refractivity contribution in [3.8, 4) is 0 Å². The van der Waals surface area contributed by atoms with Gasteiger partial charge in [0, 0.05) is 12.7 Å². The van der Waals surface area contributed by atoms with E-state index in [0.717, 1.165) is 25.2 Å². The Kier molecular flexibility index (Phi) is 6.91. The van der Waals surface area contributed by atoms with Crippen LogP contribution in [-0.4, -0.2) is 17.6 Å². The minimum Gasteiger partial charge on any atom is -0.372 e. The Morgan fingerprint density at radius 1 is 1.28 bits per heavy atom. The zero-order valence-electron chi connectivity index (χ0n) is 12.1. The van der Waals surface area contributed by atoms with Crippen LogP contribution in [0.3, 0.4) is 0 Å². The van der Waals surface area contributed by atoms with E-state index in [-0.39, 0.29) is 6.10 Å². The maximum absolute atomic E-state index is 5.75. The lowest BCUT2D eigenvalue weighted by atomic mass is 10.1. The van der Waals surface area contributed by atoms with Gasteiger partial charge in [-0.05, 0) is 37.4 Å². The zero-order valence-corrected chi connectivity index (χ0v) is 12.1. The summed E-state index contributed by atoms with van der Waals surface area (Å²) in [6, 6.07) is 4.17. The summed E-state index contributed by atoms with van der Waals surface area (Å²) in [4.78, 5) is 4.42. The standard InChI is InChI=1S/C15H26N2O/c1-5-8-16-9-14-6-7-15(17-10-14)11-18-13(4)12(2)3/h6-7,10,12-13,16H,5,8-9,11H2,1-4H3. The number of ether oxygens (including phenoxy) is 1. The largest absolute Gasteiger partial charge is 0.372 e. The Bertz CT molecular complexity index is 322. The number of rotatable bonds is 8. The van der Waals surface area contributed by atoms with Crippen LogP contribution in [-0.2, 0) is 17.9 Å². The predicted octanol–water partition coefficient (Wildman–Crippen LogP) is 3.14. The van der Waals surface area contributed by atoms with Gasteiger partial charge < -0.3 is 10.1 Å². The molecule has 1 aromatic heterocycles. The van der Waals surface area contributed by atoms with Gasteiger partial charge in [0.15, 0.2) is 0 Å². The second kappa shape index (κ2) is 8.22. The van der Waals surface area contributed by atoms with Gasteiger partial charge in [-0.25, -0.2) is 0 Å². The lowest BCUT2D eigenvalue weighted by Crippen LogP contribution is -2.16. The second-order valence-corrected chi connectivity index (χ2v) is 5.09. The van der Waals surface area contributed by atoms with Crippen LogP contribution >= 0.6 is 0 Å². The summed E-state index contributed by atoms with van der Waals surface area (Å²) >= 11 is 0. The van der Waals surface area contributed by atoms with Crippen molar-refractivity contribution in [2.24, 2.45) is 5.92 Å². The molecule has 3 nitrogen and oxygen atoms in total. The van der Waals surface area contributed by atoms with Gasteiger partial charge in [-0.3, -0.25) is 4.98 Å². The Morgan fingerprint density at radius 3 is 2.61 bits per heavy atom. The molecule has 0 aromatic carbocycles. The van der Waals surface area contributed by atoms with Gasteiger partial charge in [0.2, 0.25) is 0 Å². The number of nitrogens with zero attached hydrogens (tertiary/aromatic N) is 1. The first-order valence-corrected chi connectivity index (χ1v) is 6.89. The average Bonchev–Trinajstić information content (AvgIpc) is 2.37. The number of hydrogen-bond acceptors (Lipinski definition) is 3. The van der Waals surface area contributed by atoms with E-state index >= 15 is 0 Å². The molecule has 1 unspecified atom stereocenters. The highest BCUT2D eigenvalue weighted by Crippen LogP contribution is 2.09. The van der Waals surface area contributed by atoms with Gasteiger partial charge in [-0.1, -0.05) is 26.8 Å². The third-order valence-corrected chi connectivity index (χ3v) is 3.07. The maximum Gasteiger partial charge on any atom is 0.0891 e. The second-order valence-electron chi connectivity index (χ2n) is 5.09. The highest BCUT2D eigenvalue weighted by atomic mass is 16.5. The van der Waals surface area contributed by atoms with Crippen molar-refractivity contribution in [3.05, 3.63) is 29.6 Å². The summed E-state index contributed by atoms with van der Waals surface area (Å²) in [5.41, 5.74) is 2.23. The third kappa shape index (κ3) is 5.61. The van der Waals surface area contributed by atoms with Crippen molar-refractivity contribution >= 4 is 0 Å². The quantitative estimate of drug-likeness (QED) is 0.720. The Morgan fingerprint density at radius 2 is 2.06 bits per heavy atom. The molecule has 1 aromatic rings. The predicted molar refractivity (Wildman–Crippen MR) is 75.3 cm³/mol. The molecular formula is C15H26N2O. The van der Waals surface area contributed by atoms with E-state index < -0.39 is 0 Å². The molecule has 1 rings (SSSR count). The summed E-state index contributed by atoms with van der Waals surface area (Å²) in [7, 11) is 0. The SMILES string of the molecule is CCCNCc1ccc(COC(C)C(C)C)nc1. The van der Waals surface area contributed by atoms with Crippen molar-refractivity contribution in [1.29, 1.82) is 0 Å². The molecule has 0 bridgehead atoms. The van der Waals surface area contributed by atoms with Crippen LogP contribution < -0.4 is 5.32 Å². The molecule has 3 heteroatoms. The molecule has 0 spiro atoms. The van der Waals surface area contributed by atoms with Gasteiger partial charge in [0.25, 0.3) is 0 Å². The fourth-order valence-corrected chi connectivity index (χ4v) is 1.46. The molecule has 0 saturated heterocycles. The molecule has 1 atom stereocenters. The number of hydrogen-bond donors (Lipinski definition) is 1. The molecule has 18 heavy (non-hydrogen) atoms. The zero-order chi connectivity index (χ0) is 13.4. The Balaban J connectivity index is 2.35. The summed E-state index contributed by atoms with van der Waals surface area (Å²) in [6.45, 7) is 11.2. The van der Waals surface area contributed by atoms with Gasteiger partial charge in [-0.15, -0.1) is 0 Å². The molecule has 0 fully saturated rings. The first-order valence-electron chi connectivity index (χ1n) is 6.89. The van der Waals surface area contributed by atoms with E-state index in [1.54, 1.807) is 0 Å². The van der Waals surface area contributed by atoms with Crippen LogP contribution in [0.1, 0.15) is 45.4 Å². The van der Waals surface area contributed by atoms with Crippen LogP contribution in [0.5, 0.6) is 0 Å². The maximum atomic E-state index is 5.75. The highest BCUT2D eigenvalue weighted by Gasteiger charge is 2.07. The highest BCUT2D eigenvalue weighted by molar-refractivity contribution is 5.13. The molecule has 0 amide bonds. The van der Waals surface area contributed by atoms with E-state index in [0.29, 0.717) is 12.5 Å². The topological polar surface area (TPSA) is 34.1 Å². The third-order valence-electron chi connectivity index (χ3n) is 3.07. The average molecular weight is 250 g/mol. The number of nitrogens with one attached hydrogen (secondary N) is 1. The van der Waals surface area contributed by atoms with E-state index in [1.165, 1.54) is 5.56 Å². The summed E-state index contributed by atoms with van der Waals surface area (Å²) < 4.78 is 5.75. The van der Waals surface area contributed by atoms with Crippen LogP contribution in [0.25, 0.3) is 0 Å². The molecule has 102 valence electrons. The first kappa shape index (κ1) is 15.1. The van der Waals surface area contributed by atoms with E-state index in [9.17, 15) is 0 Å². The summed E-state index contributed by atoms with van der Waals surface area (Å²) in [5.74, 6) is 0.544. The van der Waals surface area contributed by atoms with Crippen molar-refractivity contribution in [1.82, 2.24) is 10.3 Å². The van der Waals surface area contributed by atoms with E-state index in [4.69, 9.17) is 4.74 Å². The molecule has 0 aliphatic heterocycles. The molecule has 0 aliphatic carbocycles. The molecule has 0 radical (unpaired) electrons. The molecule has 1 heterocycles. The number of aromatic nitrogens is 1. The molecule has 1 N–H and O–H groups in total.